The predicted molar refractivity (Wildman–Crippen MR) is 75.9 cm³/mol. The number of para-hydroxylation sites is 1. The fourth-order valence-corrected chi connectivity index (χ4v) is 2.96. The van der Waals surface area contributed by atoms with Crippen molar-refractivity contribution in [3.05, 3.63) is 34.4 Å². The predicted octanol–water partition coefficient (Wildman–Crippen LogP) is 0.919. The van der Waals surface area contributed by atoms with Gasteiger partial charge < -0.3 is 5.73 Å². The molecule has 1 rings (SSSR count). The Morgan fingerprint density at radius 3 is 2.52 bits per heavy atom. The van der Waals surface area contributed by atoms with Crippen LogP contribution in [0.4, 0.5) is 5.69 Å². The molecule has 0 spiro atoms. The Morgan fingerprint density at radius 2 is 1.90 bits per heavy atom. The van der Waals surface area contributed by atoms with E-state index in [0.717, 1.165) is 6.07 Å². The zero-order valence-corrected chi connectivity index (χ0v) is 12.1. The molecule has 0 aliphatic rings. The molecule has 0 unspecified atom stereocenters. The van der Waals surface area contributed by atoms with Gasteiger partial charge in [-0.05, 0) is 18.9 Å². The van der Waals surface area contributed by atoms with Crippen LogP contribution in [0.25, 0.3) is 0 Å². The smallest absolute Gasteiger partial charge is 0.289 e. The zero-order valence-electron chi connectivity index (χ0n) is 11.3. The quantitative estimate of drug-likeness (QED) is 0.397. The van der Waals surface area contributed by atoms with Gasteiger partial charge in [-0.2, -0.15) is 0 Å². The van der Waals surface area contributed by atoms with Gasteiger partial charge in [0.25, 0.3) is 5.69 Å². The van der Waals surface area contributed by atoms with E-state index < -0.39 is 26.5 Å². The van der Waals surface area contributed by atoms with E-state index in [9.17, 15) is 23.3 Å². The Balaban J connectivity index is 2.58. The molecule has 0 atom stereocenters. The molecule has 0 fully saturated rings. The number of nitrogens with one attached hydrogen (secondary N) is 1. The van der Waals surface area contributed by atoms with Crippen LogP contribution in [0.1, 0.15) is 25.7 Å². The standard InChI is InChI=1S/C12H17N3O5S/c13-12(16)8-2-1-5-9-14-21(19,20)11-7-4-3-6-10(11)15(17)18/h3-4,6-7,14H,1-2,5,8-9H2,(H2,13,16). The van der Waals surface area contributed by atoms with E-state index >= 15 is 0 Å². The molecule has 0 aliphatic heterocycles. The van der Waals surface area contributed by atoms with E-state index in [-0.39, 0.29) is 17.9 Å². The minimum Gasteiger partial charge on any atom is -0.370 e. The maximum absolute atomic E-state index is 12.0. The maximum Gasteiger partial charge on any atom is 0.289 e. The number of carbonyl (C=O) groups excluding carboxylic acids is 1. The first-order valence-corrected chi connectivity index (χ1v) is 7.84. The highest BCUT2D eigenvalue weighted by molar-refractivity contribution is 7.89. The van der Waals surface area contributed by atoms with Gasteiger partial charge in [-0.25, -0.2) is 13.1 Å². The monoisotopic (exact) mass is 315 g/mol. The summed E-state index contributed by atoms with van der Waals surface area (Å²) in [5.74, 6) is -0.393. The lowest BCUT2D eigenvalue weighted by Gasteiger charge is -2.07. The molecule has 1 aromatic carbocycles. The summed E-state index contributed by atoms with van der Waals surface area (Å²) in [7, 11) is -3.92. The number of unbranched alkanes of at least 4 members (excludes halogenated alkanes) is 2. The number of primary amides is 1. The average Bonchev–Trinajstić information content (AvgIpc) is 2.42. The summed E-state index contributed by atoms with van der Waals surface area (Å²) in [4.78, 5) is 20.3. The molecule has 3 N–H and O–H groups in total. The Labute approximate surface area is 122 Å². The van der Waals surface area contributed by atoms with Crippen LogP contribution in [0.3, 0.4) is 0 Å². The van der Waals surface area contributed by atoms with Gasteiger partial charge in [0.1, 0.15) is 0 Å². The average molecular weight is 315 g/mol. The van der Waals surface area contributed by atoms with Crippen molar-refractivity contribution in [2.75, 3.05) is 6.54 Å². The number of hydrogen-bond donors (Lipinski definition) is 2. The molecule has 1 amide bonds. The lowest BCUT2D eigenvalue weighted by atomic mass is 10.2. The van der Waals surface area contributed by atoms with E-state index in [0.29, 0.717) is 19.3 Å². The first-order chi connectivity index (χ1) is 9.84. The number of nitro benzene ring substituents is 1. The third-order valence-corrected chi connectivity index (χ3v) is 4.25. The summed E-state index contributed by atoms with van der Waals surface area (Å²) in [6.07, 6.45) is 2.01. The van der Waals surface area contributed by atoms with Gasteiger partial charge in [0.15, 0.2) is 4.90 Å². The van der Waals surface area contributed by atoms with Gasteiger partial charge >= 0.3 is 0 Å². The van der Waals surface area contributed by atoms with Crippen molar-refractivity contribution in [1.82, 2.24) is 4.72 Å². The van der Waals surface area contributed by atoms with Crippen LogP contribution in [-0.4, -0.2) is 25.8 Å². The van der Waals surface area contributed by atoms with Crippen LogP contribution in [0, 0.1) is 10.1 Å². The number of rotatable bonds is 9. The molecule has 21 heavy (non-hydrogen) atoms. The minimum atomic E-state index is -3.92. The van der Waals surface area contributed by atoms with Gasteiger partial charge in [-0.15, -0.1) is 0 Å². The van der Waals surface area contributed by atoms with E-state index in [1.54, 1.807) is 0 Å². The first-order valence-electron chi connectivity index (χ1n) is 6.36. The molecule has 8 nitrogen and oxygen atoms in total. The largest absolute Gasteiger partial charge is 0.370 e. The third-order valence-electron chi connectivity index (χ3n) is 2.74. The van der Waals surface area contributed by atoms with Crippen LogP contribution in [0.15, 0.2) is 29.2 Å². The number of nitrogens with two attached hydrogens (primary N) is 1. The van der Waals surface area contributed by atoms with Crippen LogP contribution in [-0.2, 0) is 14.8 Å². The van der Waals surface area contributed by atoms with Crippen molar-refractivity contribution in [2.24, 2.45) is 5.73 Å². The summed E-state index contributed by atoms with van der Waals surface area (Å²) in [6.45, 7) is 0.146. The topological polar surface area (TPSA) is 132 Å². The van der Waals surface area contributed by atoms with E-state index in [4.69, 9.17) is 5.73 Å². The number of hydrogen-bond acceptors (Lipinski definition) is 5. The lowest BCUT2D eigenvalue weighted by Crippen LogP contribution is -2.25. The molecule has 116 valence electrons. The molecular weight excluding hydrogens is 298 g/mol. The number of amides is 1. The molecular formula is C12H17N3O5S. The van der Waals surface area contributed by atoms with Crippen molar-refractivity contribution < 1.29 is 18.1 Å². The molecule has 0 aliphatic carbocycles. The number of nitro groups is 1. The SMILES string of the molecule is NC(=O)CCCCCNS(=O)(=O)c1ccccc1[N+](=O)[O-]. The lowest BCUT2D eigenvalue weighted by molar-refractivity contribution is -0.387. The zero-order chi connectivity index (χ0) is 15.9. The van der Waals surface area contributed by atoms with Crippen molar-refractivity contribution >= 4 is 21.6 Å². The molecule has 1 aromatic rings. The van der Waals surface area contributed by atoms with Crippen LogP contribution in [0.5, 0.6) is 0 Å². The number of carbonyl (C=O) groups is 1. The minimum absolute atomic E-state index is 0.146. The van der Waals surface area contributed by atoms with Gasteiger partial charge in [0.2, 0.25) is 15.9 Å². The summed E-state index contributed by atoms with van der Waals surface area (Å²) in [5, 5.41) is 10.8. The number of sulfonamides is 1. The Morgan fingerprint density at radius 1 is 1.24 bits per heavy atom. The van der Waals surface area contributed by atoms with E-state index in [2.05, 4.69) is 4.72 Å². The molecule has 0 radical (unpaired) electrons. The van der Waals surface area contributed by atoms with Crippen molar-refractivity contribution in [1.29, 1.82) is 0 Å². The maximum atomic E-state index is 12.0. The fraction of sp³-hybridized carbons (Fsp3) is 0.417. The molecule has 0 bridgehead atoms. The normalized spacial score (nSPS) is 11.2. The summed E-state index contributed by atoms with van der Waals surface area (Å²) < 4.78 is 26.3. The third kappa shape index (κ3) is 5.48. The second-order valence-electron chi connectivity index (χ2n) is 4.40. The molecule has 0 saturated heterocycles. The van der Waals surface area contributed by atoms with Crippen LogP contribution in [0.2, 0.25) is 0 Å². The highest BCUT2D eigenvalue weighted by atomic mass is 32.2. The van der Waals surface area contributed by atoms with Gasteiger partial charge in [0, 0.05) is 19.0 Å². The Kier molecular flexibility index (Phi) is 6.25. The summed E-state index contributed by atoms with van der Waals surface area (Å²) in [6, 6.07) is 5.16. The number of nitrogens with zero attached hydrogens (tertiary/aromatic N) is 1. The van der Waals surface area contributed by atoms with Gasteiger partial charge in [-0.3, -0.25) is 14.9 Å². The van der Waals surface area contributed by atoms with Crippen molar-refractivity contribution in [3.63, 3.8) is 0 Å². The highest BCUT2D eigenvalue weighted by Gasteiger charge is 2.24. The second-order valence-corrected chi connectivity index (χ2v) is 6.13. The first kappa shape index (κ1) is 17.1. The number of benzene rings is 1. The Hall–Kier alpha value is -2.00. The van der Waals surface area contributed by atoms with Crippen LogP contribution >= 0.6 is 0 Å². The van der Waals surface area contributed by atoms with Gasteiger partial charge in [0.05, 0.1) is 4.92 Å². The molecule has 0 saturated carbocycles. The second kappa shape index (κ2) is 7.70. The fourth-order valence-electron chi connectivity index (χ4n) is 1.72. The molecule has 0 heterocycles. The van der Waals surface area contributed by atoms with Crippen LogP contribution < -0.4 is 10.5 Å². The Bertz CT molecular complexity index is 615. The molecule has 9 heteroatoms. The van der Waals surface area contributed by atoms with E-state index in [1.165, 1.54) is 18.2 Å². The highest BCUT2D eigenvalue weighted by Crippen LogP contribution is 2.22. The summed E-state index contributed by atoms with van der Waals surface area (Å²) in [5.41, 5.74) is 4.52. The van der Waals surface area contributed by atoms with Gasteiger partial charge in [-0.1, -0.05) is 18.6 Å². The van der Waals surface area contributed by atoms with Crippen molar-refractivity contribution in [2.45, 2.75) is 30.6 Å². The molecule has 0 aromatic heterocycles. The van der Waals surface area contributed by atoms with Crippen molar-refractivity contribution in [3.8, 4) is 0 Å². The summed E-state index contributed by atoms with van der Waals surface area (Å²) >= 11 is 0. The van der Waals surface area contributed by atoms with E-state index in [1.807, 2.05) is 0 Å².